The predicted molar refractivity (Wildman–Crippen MR) is 71.5 cm³/mol. The van der Waals surface area contributed by atoms with Gasteiger partial charge >= 0.3 is 0 Å². The molecule has 1 fully saturated rings. The Kier molecular flexibility index (Phi) is 4.42. The lowest BCUT2D eigenvalue weighted by atomic mass is 9.91. The van der Waals surface area contributed by atoms with Gasteiger partial charge in [-0.2, -0.15) is 9.98 Å². The third-order valence-corrected chi connectivity index (χ3v) is 4.98. The summed E-state index contributed by atoms with van der Waals surface area (Å²) >= 11 is 0. The predicted octanol–water partition coefficient (Wildman–Crippen LogP) is 0.940. The first-order chi connectivity index (χ1) is 8.08. The minimum atomic E-state index is -3.42. The molecule has 1 saturated heterocycles. The number of sulfonamides is 1. The maximum atomic E-state index is 12.1. The van der Waals surface area contributed by atoms with Gasteiger partial charge in [0.15, 0.2) is 0 Å². The van der Waals surface area contributed by atoms with Crippen LogP contribution in [0.5, 0.6) is 0 Å². The van der Waals surface area contributed by atoms with Crippen LogP contribution in [0.1, 0.15) is 33.6 Å². The molecule has 5 nitrogen and oxygen atoms in total. The van der Waals surface area contributed by atoms with E-state index in [0.717, 1.165) is 13.1 Å². The molecule has 104 valence electrons. The normalized spacial score (nSPS) is 21.5. The highest BCUT2D eigenvalue weighted by molar-refractivity contribution is 7.89. The van der Waals surface area contributed by atoms with Crippen molar-refractivity contribution >= 4 is 10.0 Å². The van der Waals surface area contributed by atoms with Gasteiger partial charge in [-0.15, -0.1) is 0 Å². The number of nitriles is 1. The molecule has 0 amide bonds. The number of hydrogen-bond donors (Lipinski definition) is 1. The standard InChI is InChI=1S/C12H23N3O2S/c1-11(2,3)10-18(16,17)14-12(9-13)5-7-15(4)8-6-12/h14H,5-8,10H2,1-4H3. The molecule has 0 bridgehead atoms. The summed E-state index contributed by atoms with van der Waals surface area (Å²) < 4.78 is 26.8. The molecule has 0 spiro atoms. The van der Waals surface area contributed by atoms with Crippen LogP contribution in [0.25, 0.3) is 0 Å². The van der Waals surface area contributed by atoms with Gasteiger partial charge in [0.2, 0.25) is 10.0 Å². The smallest absolute Gasteiger partial charge is 0.213 e. The van der Waals surface area contributed by atoms with Gasteiger partial charge in [-0.1, -0.05) is 20.8 Å². The molecule has 1 aliphatic heterocycles. The van der Waals surface area contributed by atoms with Crippen molar-refractivity contribution in [3.63, 3.8) is 0 Å². The molecule has 1 rings (SSSR count). The van der Waals surface area contributed by atoms with Crippen molar-refractivity contribution in [3.8, 4) is 6.07 Å². The van der Waals surface area contributed by atoms with Gasteiger partial charge in [0.1, 0.15) is 5.54 Å². The highest BCUT2D eigenvalue weighted by atomic mass is 32.2. The maximum absolute atomic E-state index is 12.1. The van der Waals surface area contributed by atoms with E-state index in [2.05, 4.69) is 15.7 Å². The maximum Gasteiger partial charge on any atom is 0.213 e. The van der Waals surface area contributed by atoms with Crippen molar-refractivity contribution in [1.82, 2.24) is 9.62 Å². The monoisotopic (exact) mass is 273 g/mol. The zero-order valence-corrected chi connectivity index (χ0v) is 12.5. The van der Waals surface area contributed by atoms with E-state index in [1.54, 1.807) is 0 Å². The van der Waals surface area contributed by atoms with Crippen molar-refractivity contribution in [2.24, 2.45) is 5.41 Å². The van der Waals surface area contributed by atoms with Crippen molar-refractivity contribution in [3.05, 3.63) is 0 Å². The molecule has 1 heterocycles. The van der Waals surface area contributed by atoms with E-state index in [9.17, 15) is 13.7 Å². The summed E-state index contributed by atoms with van der Waals surface area (Å²) in [7, 11) is -1.44. The molecule has 6 heteroatoms. The number of rotatable bonds is 3. The Labute approximate surface area is 110 Å². The lowest BCUT2D eigenvalue weighted by Gasteiger charge is -2.36. The molecule has 0 radical (unpaired) electrons. The van der Waals surface area contributed by atoms with E-state index in [4.69, 9.17) is 0 Å². The Balaban J connectivity index is 2.78. The first kappa shape index (κ1) is 15.4. The number of piperidine rings is 1. The first-order valence-electron chi connectivity index (χ1n) is 6.19. The van der Waals surface area contributed by atoms with Crippen LogP contribution in [-0.2, 0) is 10.0 Å². The summed E-state index contributed by atoms with van der Waals surface area (Å²) in [5.74, 6) is 0.0409. The molecular weight excluding hydrogens is 250 g/mol. The summed E-state index contributed by atoms with van der Waals surface area (Å²) in [5, 5.41) is 9.29. The number of hydrogen-bond acceptors (Lipinski definition) is 4. The summed E-state index contributed by atoms with van der Waals surface area (Å²) in [6.07, 6.45) is 1.09. The summed E-state index contributed by atoms with van der Waals surface area (Å²) in [6.45, 7) is 7.11. The number of likely N-dealkylation sites (tertiary alicyclic amines) is 1. The Morgan fingerprint density at radius 1 is 1.33 bits per heavy atom. The Hall–Kier alpha value is -0.640. The van der Waals surface area contributed by atoms with Crippen LogP contribution in [0, 0.1) is 16.7 Å². The second-order valence-electron chi connectivity index (χ2n) is 6.42. The Morgan fingerprint density at radius 2 is 1.83 bits per heavy atom. The van der Waals surface area contributed by atoms with Gasteiger partial charge in [-0.05, 0) is 25.3 Å². The molecule has 1 aliphatic rings. The third-order valence-electron chi connectivity index (χ3n) is 3.03. The highest BCUT2D eigenvalue weighted by Gasteiger charge is 2.38. The third kappa shape index (κ3) is 4.56. The average molecular weight is 273 g/mol. The van der Waals surface area contributed by atoms with Gasteiger partial charge in [0, 0.05) is 13.1 Å². The lowest BCUT2D eigenvalue weighted by Crippen LogP contribution is -2.54. The fraction of sp³-hybridized carbons (Fsp3) is 0.917. The van der Waals surface area contributed by atoms with Gasteiger partial charge in [-0.3, -0.25) is 0 Å². The van der Waals surface area contributed by atoms with E-state index in [1.807, 2.05) is 27.8 Å². The summed E-state index contributed by atoms with van der Waals surface area (Å²) in [5.41, 5.74) is -1.23. The van der Waals surface area contributed by atoms with E-state index >= 15 is 0 Å². The SMILES string of the molecule is CN1CCC(C#N)(NS(=O)(=O)CC(C)(C)C)CC1. The Bertz CT molecular complexity index is 423. The fourth-order valence-electron chi connectivity index (χ4n) is 2.14. The molecule has 0 aromatic rings. The second-order valence-corrected chi connectivity index (χ2v) is 8.14. The average Bonchev–Trinajstić information content (AvgIpc) is 2.18. The van der Waals surface area contributed by atoms with Crippen LogP contribution >= 0.6 is 0 Å². The van der Waals surface area contributed by atoms with Crippen molar-refractivity contribution in [2.45, 2.75) is 39.2 Å². The van der Waals surface area contributed by atoms with Gasteiger partial charge in [0.05, 0.1) is 11.8 Å². The number of nitrogens with one attached hydrogen (secondary N) is 1. The van der Waals surface area contributed by atoms with Crippen LogP contribution < -0.4 is 4.72 Å². The van der Waals surface area contributed by atoms with Crippen LogP contribution in [0.15, 0.2) is 0 Å². The van der Waals surface area contributed by atoms with E-state index < -0.39 is 15.6 Å². The zero-order valence-electron chi connectivity index (χ0n) is 11.7. The van der Waals surface area contributed by atoms with E-state index in [-0.39, 0.29) is 11.2 Å². The van der Waals surface area contributed by atoms with Crippen molar-refractivity contribution in [1.29, 1.82) is 5.26 Å². The fourth-order valence-corrected chi connectivity index (χ4v) is 4.20. The van der Waals surface area contributed by atoms with Gasteiger partial charge in [-0.25, -0.2) is 8.42 Å². The minimum absolute atomic E-state index is 0.0409. The molecule has 0 aromatic carbocycles. The topological polar surface area (TPSA) is 73.2 Å². The second kappa shape index (κ2) is 5.16. The van der Waals surface area contributed by atoms with Crippen LogP contribution in [-0.4, -0.2) is 44.7 Å². The minimum Gasteiger partial charge on any atom is -0.306 e. The number of nitrogens with zero attached hydrogens (tertiary/aromatic N) is 2. The molecular formula is C12H23N3O2S. The van der Waals surface area contributed by atoms with Crippen LogP contribution in [0.3, 0.4) is 0 Å². The molecule has 0 aliphatic carbocycles. The van der Waals surface area contributed by atoms with Crippen LogP contribution in [0.4, 0.5) is 0 Å². The first-order valence-corrected chi connectivity index (χ1v) is 7.84. The van der Waals surface area contributed by atoms with E-state index in [1.165, 1.54) is 0 Å². The van der Waals surface area contributed by atoms with Crippen LogP contribution in [0.2, 0.25) is 0 Å². The largest absolute Gasteiger partial charge is 0.306 e. The van der Waals surface area contributed by atoms with Gasteiger partial charge < -0.3 is 4.90 Å². The quantitative estimate of drug-likeness (QED) is 0.830. The molecule has 0 unspecified atom stereocenters. The molecule has 0 aromatic heterocycles. The van der Waals surface area contributed by atoms with Gasteiger partial charge in [0.25, 0.3) is 0 Å². The van der Waals surface area contributed by atoms with E-state index in [0.29, 0.717) is 12.8 Å². The zero-order chi connectivity index (χ0) is 14.0. The molecule has 18 heavy (non-hydrogen) atoms. The lowest BCUT2D eigenvalue weighted by molar-refractivity contribution is 0.213. The highest BCUT2D eigenvalue weighted by Crippen LogP contribution is 2.24. The summed E-state index contributed by atoms with van der Waals surface area (Å²) in [4.78, 5) is 2.10. The molecule has 0 saturated carbocycles. The van der Waals surface area contributed by atoms with Crippen molar-refractivity contribution in [2.75, 3.05) is 25.9 Å². The summed E-state index contributed by atoms with van der Waals surface area (Å²) in [6, 6.07) is 2.16. The Morgan fingerprint density at radius 3 is 2.22 bits per heavy atom. The molecule has 1 N–H and O–H groups in total. The molecule has 0 atom stereocenters. The van der Waals surface area contributed by atoms with Crippen molar-refractivity contribution < 1.29 is 8.42 Å².